The molecule has 4 aliphatic rings. The first kappa shape index (κ1) is 11.5. The summed E-state index contributed by atoms with van der Waals surface area (Å²) in [5, 5.41) is 0. The minimum absolute atomic E-state index is 0.119. The molecule has 19 heavy (non-hydrogen) atoms. The third-order valence-electron chi connectivity index (χ3n) is 5.66. The van der Waals surface area contributed by atoms with Crippen molar-refractivity contribution >= 4 is 5.82 Å². The van der Waals surface area contributed by atoms with Gasteiger partial charge in [-0.15, -0.1) is 0 Å². The van der Waals surface area contributed by atoms with Gasteiger partial charge in [0.1, 0.15) is 11.6 Å². The van der Waals surface area contributed by atoms with Crippen LogP contribution in [0.25, 0.3) is 0 Å². The average Bonchev–Trinajstić information content (AvgIpc) is 2.31. The van der Waals surface area contributed by atoms with Crippen molar-refractivity contribution in [2.24, 2.45) is 29.6 Å². The summed E-state index contributed by atoms with van der Waals surface area (Å²) in [7, 11) is 0. The first-order valence-electron chi connectivity index (χ1n) is 7.53. The minimum atomic E-state index is -0.119. The summed E-state index contributed by atoms with van der Waals surface area (Å²) in [5.74, 6) is 5.58. The second-order valence-corrected chi connectivity index (χ2v) is 6.92. The number of anilines is 1. The number of nitrogens with one attached hydrogen (secondary N) is 1. The van der Waals surface area contributed by atoms with Gasteiger partial charge in [0, 0.05) is 12.5 Å². The first-order valence-corrected chi connectivity index (χ1v) is 7.53. The lowest BCUT2D eigenvalue weighted by atomic mass is 9.51. The van der Waals surface area contributed by atoms with Crippen LogP contribution < -0.4 is 11.3 Å². The molecule has 0 radical (unpaired) electrons. The van der Waals surface area contributed by atoms with E-state index in [2.05, 4.69) is 9.97 Å². The SMILES string of the molecule is Nc1cc(=O)[nH]c(CC2C3CC4CC(C3)CC2C4)n1. The largest absolute Gasteiger partial charge is 0.383 e. The van der Waals surface area contributed by atoms with Crippen molar-refractivity contribution in [1.82, 2.24) is 9.97 Å². The average molecular weight is 259 g/mol. The van der Waals surface area contributed by atoms with Gasteiger partial charge >= 0.3 is 0 Å². The first-order chi connectivity index (χ1) is 9.17. The molecule has 5 rings (SSSR count). The van der Waals surface area contributed by atoms with Gasteiger partial charge in [-0.05, 0) is 61.7 Å². The van der Waals surface area contributed by atoms with Crippen molar-refractivity contribution in [3.8, 4) is 0 Å². The normalized spacial score (nSPS) is 39.7. The fourth-order valence-corrected chi connectivity index (χ4v) is 5.22. The summed E-state index contributed by atoms with van der Waals surface area (Å²) >= 11 is 0. The highest BCUT2D eigenvalue weighted by Gasteiger charge is 2.48. The predicted molar refractivity (Wildman–Crippen MR) is 73.5 cm³/mol. The van der Waals surface area contributed by atoms with Gasteiger partial charge in [-0.3, -0.25) is 4.79 Å². The number of rotatable bonds is 2. The lowest BCUT2D eigenvalue weighted by molar-refractivity contribution is -0.0367. The van der Waals surface area contributed by atoms with Gasteiger partial charge in [0.05, 0.1) is 0 Å². The molecule has 0 saturated heterocycles. The molecule has 4 heteroatoms. The summed E-state index contributed by atoms with van der Waals surface area (Å²) in [5.41, 5.74) is 5.56. The van der Waals surface area contributed by atoms with Gasteiger partial charge in [-0.2, -0.15) is 0 Å². The number of aromatic amines is 1. The van der Waals surface area contributed by atoms with Crippen LogP contribution in [-0.4, -0.2) is 9.97 Å². The Balaban J connectivity index is 1.58. The van der Waals surface area contributed by atoms with Crippen LogP contribution in [0.4, 0.5) is 5.82 Å². The minimum Gasteiger partial charge on any atom is -0.383 e. The maximum absolute atomic E-state index is 11.5. The summed E-state index contributed by atoms with van der Waals surface area (Å²) in [6, 6.07) is 1.36. The summed E-state index contributed by atoms with van der Waals surface area (Å²) < 4.78 is 0. The zero-order valence-electron chi connectivity index (χ0n) is 11.1. The highest BCUT2D eigenvalue weighted by molar-refractivity contribution is 5.25. The van der Waals surface area contributed by atoms with Crippen LogP contribution in [0.1, 0.15) is 37.9 Å². The molecule has 4 saturated carbocycles. The Morgan fingerprint density at radius 2 is 1.79 bits per heavy atom. The molecule has 102 valence electrons. The molecule has 1 aromatic heterocycles. The number of nitrogen functional groups attached to an aromatic ring is 1. The molecule has 0 unspecified atom stereocenters. The maximum Gasteiger partial charge on any atom is 0.252 e. The Hall–Kier alpha value is -1.32. The molecule has 0 amide bonds. The number of H-pyrrole nitrogens is 1. The summed E-state index contributed by atoms with van der Waals surface area (Å²) in [6.45, 7) is 0. The van der Waals surface area contributed by atoms with Gasteiger partial charge < -0.3 is 10.7 Å². The van der Waals surface area contributed by atoms with E-state index in [1.54, 1.807) is 0 Å². The fourth-order valence-electron chi connectivity index (χ4n) is 5.22. The van der Waals surface area contributed by atoms with Crippen LogP contribution in [-0.2, 0) is 6.42 Å². The zero-order chi connectivity index (χ0) is 13.0. The van der Waals surface area contributed by atoms with Gasteiger partial charge in [-0.25, -0.2) is 4.98 Å². The Morgan fingerprint density at radius 3 is 2.37 bits per heavy atom. The van der Waals surface area contributed by atoms with Crippen molar-refractivity contribution < 1.29 is 0 Å². The van der Waals surface area contributed by atoms with Crippen molar-refractivity contribution in [1.29, 1.82) is 0 Å². The monoisotopic (exact) mass is 259 g/mol. The second-order valence-electron chi connectivity index (χ2n) is 6.92. The molecule has 4 aliphatic carbocycles. The quantitative estimate of drug-likeness (QED) is 0.853. The molecule has 0 aromatic carbocycles. The Morgan fingerprint density at radius 1 is 1.16 bits per heavy atom. The summed E-state index contributed by atoms with van der Waals surface area (Å²) in [4.78, 5) is 18.7. The molecule has 1 heterocycles. The Kier molecular flexibility index (Phi) is 2.47. The fraction of sp³-hybridized carbons (Fsp3) is 0.733. The van der Waals surface area contributed by atoms with Crippen LogP contribution in [0.3, 0.4) is 0 Å². The topological polar surface area (TPSA) is 71.8 Å². The Bertz CT molecular complexity index is 523. The molecular formula is C15H21N3O. The number of aromatic nitrogens is 2. The lowest BCUT2D eigenvalue weighted by Gasteiger charge is -2.54. The van der Waals surface area contributed by atoms with Gasteiger partial charge in [0.25, 0.3) is 5.56 Å². The molecule has 1 aromatic rings. The third-order valence-corrected chi connectivity index (χ3v) is 5.66. The number of hydrogen-bond acceptors (Lipinski definition) is 3. The van der Waals surface area contributed by atoms with E-state index in [1.165, 1.54) is 38.2 Å². The third kappa shape index (κ3) is 1.97. The van der Waals surface area contributed by atoms with E-state index in [1.807, 2.05) is 0 Å². The van der Waals surface area contributed by atoms with E-state index in [9.17, 15) is 4.79 Å². The molecule has 0 aliphatic heterocycles. The number of nitrogens with zero attached hydrogens (tertiary/aromatic N) is 1. The smallest absolute Gasteiger partial charge is 0.252 e. The van der Waals surface area contributed by atoms with Crippen LogP contribution in [0.5, 0.6) is 0 Å². The van der Waals surface area contributed by atoms with E-state index >= 15 is 0 Å². The van der Waals surface area contributed by atoms with Gasteiger partial charge in [0.2, 0.25) is 0 Å². The standard InChI is InChI=1S/C15H21N3O/c16-13-7-15(19)18-14(17-13)6-12-10-2-8-1-9(4-10)5-11(12)3-8/h7-12H,1-6H2,(H3,16,17,18,19). The Labute approximate surface area is 112 Å². The van der Waals surface area contributed by atoms with Crippen molar-refractivity contribution in [3.05, 3.63) is 22.2 Å². The molecule has 0 atom stereocenters. The van der Waals surface area contributed by atoms with Crippen molar-refractivity contribution in [2.75, 3.05) is 5.73 Å². The van der Waals surface area contributed by atoms with E-state index < -0.39 is 0 Å². The van der Waals surface area contributed by atoms with Crippen molar-refractivity contribution in [3.63, 3.8) is 0 Å². The molecular weight excluding hydrogens is 238 g/mol. The van der Waals surface area contributed by atoms with Crippen LogP contribution >= 0.6 is 0 Å². The summed E-state index contributed by atoms with van der Waals surface area (Å²) in [6.07, 6.45) is 8.02. The lowest BCUT2D eigenvalue weighted by Crippen LogP contribution is -2.46. The predicted octanol–water partition coefficient (Wildman–Crippen LogP) is 1.97. The van der Waals surface area contributed by atoms with Gasteiger partial charge in [0.15, 0.2) is 0 Å². The van der Waals surface area contributed by atoms with Gasteiger partial charge in [-0.1, -0.05) is 0 Å². The molecule has 0 spiro atoms. The molecule has 4 nitrogen and oxygen atoms in total. The van der Waals surface area contributed by atoms with Crippen molar-refractivity contribution in [2.45, 2.75) is 38.5 Å². The maximum atomic E-state index is 11.5. The van der Waals surface area contributed by atoms with E-state index in [0.29, 0.717) is 5.82 Å². The number of nitrogens with two attached hydrogens (primary N) is 1. The molecule has 4 fully saturated rings. The highest BCUT2D eigenvalue weighted by atomic mass is 16.1. The zero-order valence-corrected chi connectivity index (χ0v) is 11.1. The van der Waals surface area contributed by atoms with Crippen LogP contribution in [0.2, 0.25) is 0 Å². The number of hydrogen-bond donors (Lipinski definition) is 2. The molecule has 3 N–H and O–H groups in total. The van der Waals surface area contributed by atoms with E-state index in [0.717, 1.165) is 41.8 Å². The van der Waals surface area contributed by atoms with Crippen LogP contribution in [0, 0.1) is 29.6 Å². The van der Waals surface area contributed by atoms with E-state index in [-0.39, 0.29) is 5.56 Å². The molecule has 4 bridgehead atoms. The van der Waals surface area contributed by atoms with E-state index in [4.69, 9.17) is 5.73 Å². The second kappa shape index (κ2) is 4.09. The van der Waals surface area contributed by atoms with Crippen LogP contribution in [0.15, 0.2) is 10.9 Å². The highest BCUT2D eigenvalue weighted by Crippen LogP contribution is 2.57.